The number of sulfonamides is 1. The van der Waals surface area contributed by atoms with Gasteiger partial charge in [-0.3, -0.25) is 0 Å². The molecule has 2 aromatic rings. The van der Waals surface area contributed by atoms with Crippen LogP contribution >= 0.6 is 23.2 Å². The van der Waals surface area contributed by atoms with Crippen molar-refractivity contribution in [1.29, 1.82) is 0 Å². The predicted octanol–water partition coefficient (Wildman–Crippen LogP) is 4.60. The molecule has 0 saturated carbocycles. The Labute approximate surface area is 141 Å². The molecule has 6 heteroatoms. The first-order chi connectivity index (χ1) is 10.3. The van der Waals surface area contributed by atoms with Gasteiger partial charge in [-0.1, -0.05) is 48.3 Å². The van der Waals surface area contributed by atoms with Gasteiger partial charge in [0.05, 0.1) is 4.90 Å². The first kappa shape index (κ1) is 17.3. The summed E-state index contributed by atoms with van der Waals surface area (Å²) in [5, 5.41) is 0.947. The van der Waals surface area contributed by atoms with Crippen LogP contribution in [0.1, 0.15) is 31.0 Å². The van der Waals surface area contributed by atoms with Gasteiger partial charge in [0.2, 0.25) is 10.0 Å². The van der Waals surface area contributed by atoms with Crippen molar-refractivity contribution >= 4 is 33.2 Å². The van der Waals surface area contributed by atoms with Crippen molar-refractivity contribution < 1.29 is 8.42 Å². The Hall–Kier alpha value is -1.07. The second-order valence-electron chi connectivity index (χ2n) is 5.01. The molecule has 2 rings (SSSR count). The molecule has 0 heterocycles. The third-order valence-corrected chi connectivity index (χ3v) is 5.52. The first-order valence-electron chi connectivity index (χ1n) is 6.89. The molecule has 0 aromatic heterocycles. The lowest BCUT2D eigenvalue weighted by Gasteiger charge is -2.16. The monoisotopic (exact) mass is 357 g/mol. The van der Waals surface area contributed by atoms with E-state index in [9.17, 15) is 8.42 Å². The van der Waals surface area contributed by atoms with E-state index in [-0.39, 0.29) is 4.90 Å². The third kappa shape index (κ3) is 4.02. The highest BCUT2D eigenvalue weighted by Gasteiger charge is 2.19. The number of hydrogen-bond acceptors (Lipinski definition) is 2. The summed E-state index contributed by atoms with van der Waals surface area (Å²) in [6.45, 7) is 3.76. The Balaban J connectivity index is 2.23. The highest BCUT2D eigenvalue weighted by atomic mass is 35.5. The topological polar surface area (TPSA) is 46.2 Å². The van der Waals surface area contributed by atoms with Crippen LogP contribution in [0.15, 0.2) is 47.4 Å². The zero-order chi connectivity index (χ0) is 16.3. The minimum Gasteiger partial charge on any atom is -0.207 e. The van der Waals surface area contributed by atoms with Gasteiger partial charge in [0.15, 0.2) is 0 Å². The molecule has 0 unspecified atom stereocenters. The molecular formula is C16H17Cl2NO2S. The average Bonchev–Trinajstić information content (AvgIpc) is 2.46. The molecule has 0 saturated heterocycles. The van der Waals surface area contributed by atoms with Crippen molar-refractivity contribution in [3.05, 3.63) is 63.6 Å². The fourth-order valence-corrected chi connectivity index (χ4v) is 3.92. The largest absolute Gasteiger partial charge is 0.241 e. The van der Waals surface area contributed by atoms with Gasteiger partial charge in [-0.05, 0) is 48.7 Å². The van der Waals surface area contributed by atoms with E-state index in [2.05, 4.69) is 4.72 Å². The molecule has 0 bridgehead atoms. The second kappa shape index (κ2) is 7.01. The molecule has 0 fully saturated rings. The van der Waals surface area contributed by atoms with Gasteiger partial charge >= 0.3 is 0 Å². The van der Waals surface area contributed by atoms with Crippen molar-refractivity contribution in [3.8, 4) is 0 Å². The maximum absolute atomic E-state index is 12.4. The van der Waals surface area contributed by atoms with E-state index in [0.717, 1.165) is 12.0 Å². The maximum atomic E-state index is 12.4. The molecular weight excluding hydrogens is 341 g/mol. The lowest BCUT2D eigenvalue weighted by atomic mass is 10.1. The van der Waals surface area contributed by atoms with E-state index in [1.165, 1.54) is 0 Å². The van der Waals surface area contributed by atoms with Gasteiger partial charge in [0.25, 0.3) is 0 Å². The number of halogens is 2. The Morgan fingerprint density at radius 3 is 2.27 bits per heavy atom. The minimum absolute atomic E-state index is 0.238. The van der Waals surface area contributed by atoms with Crippen LogP contribution in [-0.4, -0.2) is 8.42 Å². The van der Waals surface area contributed by atoms with E-state index in [4.69, 9.17) is 23.2 Å². The number of hydrogen-bond donors (Lipinski definition) is 1. The summed E-state index contributed by atoms with van der Waals surface area (Å²) in [5.74, 6) is 0. The van der Waals surface area contributed by atoms with Gasteiger partial charge in [0.1, 0.15) is 0 Å². The van der Waals surface area contributed by atoms with E-state index >= 15 is 0 Å². The molecule has 0 aliphatic rings. The molecule has 118 valence electrons. The molecule has 0 amide bonds. The normalized spacial score (nSPS) is 13.1. The van der Waals surface area contributed by atoms with Crippen molar-refractivity contribution in [2.75, 3.05) is 0 Å². The van der Waals surface area contributed by atoms with Crippen molar-refractivity contribution in [2.45, 2.75) is 31.2 Å². The smallest absolute Gasteiger partial charge is 0.207 e. The Morgan fingerprint density at radius 2 is 1.73 bits per heavy atom. The zero-order valence-electron chi connectivity index (χ0n) is 12.3. The maximum Gasteiger partial charge on any atom is 0.241 e. The zero-order valence-corrected chi connectivity index (χ0v) is 14.6. The predicted molar refractivity (Wildman–Crippen MR) is 91.0 cm³/mol. The van der Waals surface area contributed by atoms with Gasteiger partial charge in [-0.15, -0.1) is 0 Å². The minimum atomic E-state index is -3.60. The van der Waals surface area contributed by atoms with Crippen LogP contribution in [0.4, 0.5) is 0 Å². The van der Waals surface area contributed by atoms with Crippen LogP contribution < -0.4 is 4.72 Å². The summed E-state index contributed by atoms with van der Waals surface area (Å²) >= 11 is 12.0. The van der Waals surface area contributed by atoms with Crippen molar-refractivity contribution in [2.24, 2.45) is 0 Å². The van der Waals surface area contributed by atoms with Crippen LogP contribution in [0.25, 0.3) is 0 Å². The number of rotatable bonds is 5. The van der Waals surface area contributed by atoms with Crippen LogP contribution in [0, 0.1) is 0 Å². The quantitative estimate of drug-likeness (QED) is 0.849. The molecule has 0 radical (unpaired) electrons. The third-order valence-electron chi connectivity index (χ3n) is 3.40. The van der Waals surface area contributed by atoms with E-state index in [0.29, 0.717) is 15.6 Å². The molecule has 22 heavy (non-hydrogen) atoms. The van der Waals surface area contributed by atoms with Crippen molar-refractivity contribution in [1.82, 2.24) is 4.72 Å². The van der Waals surface area contributed by atoms with Gasteiger partial charge in [0, 0.05) is 16.1 Å². The summed E-state index contributed by atoms with van der Waals surface area (Å²) < 4.78 is 27.5. The van der Waals surface area contributed by atoms with Crippen LogP contribution in [0.2, 0.25) is 10.0 Å². The van der Waals surface area contributed by atoms with Crippen LogP contribution in [-0.2, 0) is 16.4 Å². The summed E-state index contributed by atoms with van der Waals surface area (Å²) in [7, 11) is -3.60. The molecule has 0 spiro atoms. The molecule has 2 aromatic carbocycles. The van der Waals surface area contributed by atoms with Crippen molar-refractivity contribution in [3.63, 3.8) is 0 Å². The van der Waals surface area contributed by atoms with Gasteiger partial charge in [-0.25, -0.2) is 13.1 Å². The van der Waals surface area contributed by atoms with E-state index in [1.54, 1.807) is 37.3 Å². The average molecular weight is 358 g/mol. The van der Waals surface area contributed by atoms with E-state index < -0.39 is 16.1 Å². The fourth-order valence-electron chi connectivity index (χ4n) is 2.12. The van der Waals surface area contributed by atoms with Crippen LogP contribution in [0.5, 0.6) is 0 Å². The fraction of sp³-hybridized carbons (Fsp3) is 0.250. The Morgan fingerprint density at radius 1 is 1.09 bits per heavy atom. The summed E-state index contributed by atoms with van der Waals surface area (Å²) in [4.78, 5) is 0.238. The molecule has 1 atom stereocenters. The second-order valence-corrected chi connectivity index (χ2v) is 7.56. The Kier molecular flexibility index (Phi) is 5.50. The molecule has 0 aliphatic carbocycles. The van der Waals surface area contributed by atoms with Crippen LogP contribution in [0.3, 0.4) is 0 Å². The van der Waals surface area contributed by atoms with Gasteiger partial charge < -0.3 is 0 Å². The Bertz CT molecular complexity index is 758. The van der Waals surface area contributed by atoms with E-state index in [1.807, 2.05) is 19.1 Å². The highest BCUT2D eigenvalue weighted by molar-refractivity contribution is 7.89. The molecule has 3 nitrogen and oxygen atoms in total. The number of benzene rings is 2. The summed E-state index contributed by atoms with van der Waals surface area (Å²) in [6.07, 6.45) is 0.866. The lowest BCUT2D eigenvalue weighted by molar-refractivity contribution is 0.567. The molecule has 0 aliphatic heterocycles. The number of aryl methyl sites for hydroxylation is 1. The standard InChI is InChI=1S/C16H17Cl2NO2S/c1-3-12-4-7-14(8-5-12)22(20,21)19-11(2)15-9-6-13(17)10-16(15)18/h4-11,19H,3H2,1-2H3/t11-/m1/s1. The molecule has 1 N–H and O–H groups in total. The SMILES string of the molecule is CCc1ccc(S(=O)(=O)N[C@H](C)c2ccc(Cl)cc2Cl)cc1. The number of nitrogens with one attached hydrogen (secondary N) is 1. The summed E-state index contributed by atoms with van der Waals surface area (Å²) in [6, 6.07) is 11.4. The first-order valence-corrected chi connectivity index (χ1v) is 9.13. The summed E-state index contributed by atoms with van der Waals surface area (Å²) in [5.41, 5.74) is 1.77. The highest BCUT2D eigenvalue weighted by Crippen LogP contribution is 2.27. The lowest BCUT2D eigenvalue weighted by Crippen LogP contribution is -2.27. The van der Waals surface area contributed by atoms with Gasteiger partial charge in [-0.2, -0.15) is 0 Å².